The summed E-state index contributed by atoms with van der Waals surface area (Å²) in [4.78, 5) is 40.2. The summed E-state index contributed by atoms with van der Waals surface area (Å²) < 4.78 is 5.25. The van der Waals surface area contributed by atoms with Crippen LogP contribution in [-0.4, -0.2) is 48.9 Å². The smallest absolute Gasteiger partial charge is 0.338 e. The molecule has 28 heavy (non-hydrogen) atoms. The molecule has 2 aliphatic heterocycles. The number of amides is 2. The molecule has 0 N–H and O–H groups in total. The monoisotopic (exact) mass is 384 g/mol. The van der Waals surface area contributed by atoms with Crippen molar-refractivity contribution in [1.29, 1.82) is 0 Å². The molecule has 0 aromatic heterocycles. The molecule has 3 aliphatic rings. The zero-order chi connectivity index (χ0) is 19.5. The van der Waals surface area contributed by atoms with E-state index in [1.54, 1.807) is 29.2 Å². The van der Waals surface area contributed by atoms with Crippen molar-refractivity contribution in [2.75, 3.05) is 31.1 Å². The summed E-state index contributed by atoms with van der Waals surface area (Å²) >= 11 is 0. The van der Waals surface area contributed by atoms with Gasteiger partial charge in [-0.1, -0.05) is 19.3 Å². The third-order valence-corrected chi connectivity index (χ3v) is 6.46. The van der Waals surface area contributed by atoms with Crippen LogP contribution in [0.25, 0.3) is 0 Å². The number of hydrogen-bond donors (Lipinski definition) is 0. The fraction of sp³-hybridized carbons (Fsp3) is 0.591. The van der Waals surface area contributed by atoms with Crippen LogP contribution in [-0.2, 0) is 14.3 Å². The van der Waals surface area contributed by atoms with Gasteiger partial charge in [-0.15, -0.1) is 0 Å². The number of carbonyl (C=O) groups excluding carboxylic acids is 3. The highest BCUT2D eigenvalue weighted by Gasteiger charge is 2.33. The number of nitrogens with zero attached hydrogens (tertiary/aromatic N) is 2. The lowest BCUT2D eigenvalue weighted by atomic mass is 9.75. The number of likely N-dealkylation sites (tertiary alicyclic amines) is 1. The Morgan fingerprint density at radius 2 is 1.71 bits per heavy atom. The maximum Gasteiger partial charge on any atom is 0.338 e. The number of carbonyl (C=O) groups is 3. The van der Waals surface area contributed by atoms with E-state index in [0.29, 0.717) is 17.9 Å². The van der Waals surface area contributed by atoms with Gasteiger partial charge in [-0.05, 0) is 55.4 Å². The summed E-state index contributed by atoms with van der Waals surface area (Å²) in [6.07, 6.45) is 7.59. The maximum atomic E-state index is 12.5. The van der Waals surface area contributed by atoms with Gasteiger partial charge in [-0.2, -0.15) is 0 Å². The summed E-state index contributed by atoms with van der Waals surface area (Å²) in [5.74, 6) is 0.892. The Balaban J connectivity index is 1.28. The van der Waals surface area contributed by atoms with E-state index in [1.165, 1.54) is 25.7 Å². The fourth-order valence-electron chi connectivity index (χ4n) is 4.83. The Morgan fingerprint density at radius 3 is 2.43 bits per heavy atom. The van der Waals surface area contributed by atoms with Gasteiger partial charge >= 0.3 is 5.97 Å². The molecule has 2 atom stereocenters. The second kappa shape index (κ2) is 8.33. The second-order valence-electron chi connectivity index (χ2n) is 8.20. The summed E-state index contributed by atoms with van der Waals surface area (Å²) in [5, 5.41) is 0. The molecule has 6 nitrogen and oxygen atoms in total. The van der Waals surface area contributed by atoms with Gasteiger partial charge in [0.15, 0.2) is 6.61 Å². The Morgan fingerprint density at radius 1 is 0.964 bits per heavy atom. The fourth-order valence-corrected chi connectivity index (χ4v) is 4.83. The van der Waals surface area contributed by atoms with Crippen molar-refractivity contribution in [2.45, 2.75) is 44.9 Å². The van der Waals surface area contributed by atoms with Crippen LogP contribution in [0.15, 0.2) is 24.3 Å². The standard InChI is InChI=1S/C22H28N2O4/c25-20-6-3-12-24(20)19-9-7-17(8-10-19)22(27)28-15-21(26)23-13-11-16-4-1-2-5-18(16)14-23/h7-10,16,18H,1-6,11-15H2/t16-,18-/m1/s1. The predicted octanol–water partition coefficient (Wildman–Crippen LogP) is 3.01. The van der Waals surface area contributed by atoms with Gasteiger partial charge in [0, 0.05) is 31.7 Å². The number of hydrogen-bond acceptors (Lipinski definition) is 4. The zero-order valence-electron chi connectivity index (χ0n) is 16.3. The predicted molar refractivity (Wildman–Crippen MR) is 105 cm³/mol. The summed E-state index contributed by atoms with van der Waals surface area (Å²) in [7, 11) is 0. The molecule has 2 heterocycles. The van der Waals surface area contributed by atoms with E-state index in [4.69, 9.17) is 4.74 Å². The van der Waals surface area contributed by atoms with Crippen molar-refractivity contribution < 1.29 is 19.1 Å². The van der Waals surface area contributed by atoms with Crippen LogP contribution in [0.2, 0.25) is 0 Å². The number of rotatable bonds is 4. The Kier molecular flexibility index (Phi) is 5.64. The molecule has 1 aliphatic carbocycles. The Labute approximate surface area is 165 Å². The molecular weight excluding hydrogens is 356 g/mol. The number of anilines is 1. The van der Waals surface area contributed by atoms with E-state index >= 15 is 0 Å². The minimum absolute atomic E-state index is 0.100. The van der Waals surface area contributed by atoms with Crippen LogP contribution in [0, 0.1) is 11.8 Å². The van der Waals surface area contributed by atoms with E-state index in [9.17, 15) is 14.4 Å². The number of benzene rings is 1. The SMILES string of the molecule is O=C(OCC(=O)N1CC[C@H]2CCCC[C@@H]2C1)c1ccc(N2CCCC2=O)cc1. The molecule has 1 aromatic carbocycles. The van der Waals surface area contributed by atoms with Gasteiger partial charge in [0.1, 0.15) is 0 Å². The number of piperidine rings is 1. The largest absolute Gasteiger partial charge is 0.452 e. The molecule has 6 heteroatoms. The van der Waals surface area contributed by atoms with Crippen LogP contribution >= 0.6 is 0 Å². The van der Waals surface area contributed by atoms with Gasteiger partial charge in [0.05, 0.1) is 5.56 Å². The Bertz CT molecular complexity index is 745. The van der Waals surface area contributed by atoms with Gasteiger partial charge in [-0.25, -0.2) is 4.79 Å². The second-order valence-corrected chi connectivity index (χ2v) is 8.20. The highest BCUT2D eigenvalue weighted by Crippen LogP contribution is 2.36. The summed E-state index contributed by atoms with van der Waals surface area (Å²) in [6, 6.07) is 6.83. The molecule has 1 aromatic rings. The minimum Gasteiger partial charge on any atom is -0.452 e. The topological polar surface area (TPSA) is 66.9 Å². The number of fused-ring (bicyclic) bond motifs is 1. The highest BCUT2D eigenvalue weighted by atomic mass is 16.5. The molecule has 3 fully saturated rings. The van der Waals surface area contributed by atoms with Crippen molar-refractivity contribution >= 4 is 23.5 Å². The van der Waals surface area contributed by atoms with E-state index in [2.05, 4.69) is 0 Å². The summed E-state index contributed by atoms with van der Waals surface area (Å²) in [6.45, 7) is 2.09. The average Bonchev–Trinajstić information content (AvgIpc) is 3.17. The third kappa shape index (κ3) is 4.05. The lowest BCUT2D eigenvalue weighted by Gasteiger charge is -2.41. The van der Waals surface area contributed by atoms with Crippen LogP contribution < -0.4 is 4.90 Å². The molecule has 150 valence electrons. The highest BCUT2D eigenvalue weighted by molar-refractivity contribution is 5.96. The quantitative estimate of drug-likeness (QED) is 0.749. The van der Waals surface area contributed by atoms with Crippen molar-refractivity contribution in [1.82, 2.24) is 4.90 Å². The first kappa shape index (κ1) is 19.0. The average molecular weight is 384 g/mol. The molecule has 0 spiro atoms. The van der Waals surface area contributed by atoms with E-state index in [1.807, 2.05) is 4.90 Å². The lowest BCUT2D eigenvalue weighted by Crippen LogP contribution is -2.46. The van der Waals surface area contributed by atoms with Crippen LogP contribution in [0.3, 0.4) is 0 Å². The Hall–Kier alpha value is -2.37. The van der Waals surface area contributed by atoms with Crippen molar-refractivity contribution in [2.24, 2.45) is 11.8 Å². The molecule has 0 radical (unpaired) electrons. The summed E-state index contributed by atoms with van der Waals surface area (Å²) in [5.41, 5.74) is 1.19. The molecule has 4 rings (SSSR count). The van der Waals surface area contributed by atoms with E-state index < -0.39 is 5.97 Å². The molecule has 2 saturated heterocycles. The number of ether oxygens (including phenoxy) is 1. The molecule has 0 bridgehead atoms. The van der Waals surface area contributed by atoms with Crippen molar-refractivity contribution in [3.05, 3.63) is 29.8 Å². The van der Waals surface area contributed by atoms with Gasteiger partial charge < -0.3 is 14.5 Å². The van der Waals surface area contributed by atoms with Gasteiger partial charge in [-0.3, -0.25) is 9.59 Å². The zero-order valence-corrected chi connectivity index (χ0v) is 16.3. The first-order chi connectivity index (χ1) is 13.6. The first-order valence-electron chi connectivity index (χ1n) is 10.5. The van der Waals surface area contributed by atoms with E-state index in [0.717, 1.165) is 44.1 Å². The van der Waals surface area contributed by atoms with Crippen LogP contribution in [0.4, 0.5) is 5.69 Å². The molecule has 1 saturated carbocycles. The normalized spacial score (nSPS) is 24.8. The third-order valence-electron chi connectivity index (χ3n) is 6.46. The number of esters is 1. The molecular formula is C22H28N2O4. The van der Waals surface area contributed by atoms with Crippen molar-refractivity contribution in [3.63, 3.8) is 0 Å². The lowest BCUT2D eigenvalue weighted by molar-refractivity contribution is -0.137. The van der Waals surface area contributed by atoms with Crippen molar-refractivity contribution in [3.8, 4) is 0 Å². The van der Waals surface area contributed by atoms with E-state index in [-0.39, 0.29) is 18.4 Å². The van der Waals surface area contributed by atoms with Crippen LogP contribution in [0.5, 0.6) is 0 Å². The van der Waals surface area contributed by atoms with Crippen LogP contribution in [0.1, 0.15) is 55.3 Å². The maximum absolute atomic E-state index is 12.5. The molecule has 2 amide bonds. The van der Waals surface area contributed by atoms with Gasteiger partial charge in [0.25, 0.3) is 5.91 Å². The molecule has 0 unspecified atom stereocenters. The first-order valence-corrected chi connectivity index (χ1v) is 10.5. The van der Waals surface area contributed by atoms with Gasteiger partial charge in [0.2, 0.25) is 5.91 Å². The minimum atomic E-state index is -0.500.